The van der Waals surface area contributed by atoms with E-state index in [2.05, 4.69) is 0 Å². The van der Waals surface area contributed by atoms with Gasteiger partial charge in [-0.25, -0.2) is 0 Å². The maximum Gasteiger partial charge on any atom is 0.310 e. The molecule has 0 N–H and O–H groups in total. The van der Waals surface area contributed by atoms with E-state index in [0.717, 1.165) is 11.1 Å². The molecule has 0 unspecified atom stereocenters. The molecule has 0 spiro atoms. The zero-order valence-electron chi connectivity index (χ0n) is 22.3. The number of hydrogen-bond donors (Lipinski definition) is 0. The van der Waals surface area contributed by atoms with E-state index < -0.39 is 47.6 Å². The SMILES string of the molecule is CCO[C@@]1(C)O[C@H]2COC(=O)[C@@H]3[C@@H](C(=O)OC[C@@H]2O[C@]1(C)OCC)[C@H](c1ccccc1)[C@H]3c1ccccc1. The molecule has 204 valence electrons. The van der Waals surface area contributed by atoms with E-state index in [9.17, 15) is 9.59 Å². The summed E-state index contributed by atoms with van der Waals surface area (Å²) in [6.07, 6.45) is -1.43. The number of carbonyl (C=O) groups excluding carboxylic acids is 2. The van der Waals surface area contributed by atoms with Crippen molar-refractivity contribution >= 4 is 11.9 Å². The maximum absolute atomic E-state index is 13.6. The lowest BCUT2D eigenvalue weighted by molar-refractivity contribution is -0.458. The number of carbonyl (C=O) groups is 2. The first-order chi connectivity index (χ1) is 18.3. The first-order valence-electron chi connectivity index (χ1n) is 13.4. The number of ether oxygens (including phenoxy) is 6. The second kappa shape index (κ2) is 10.8. The molecule has 2 aromatic carbocycles. The van der Waals surface area contributed by atoms with Crippen LogP contribution in [0.25, 0.3) is 0 Å². The van der Waals surface area contributed by atoms with Crippen LogP contribution in [0.4, 0.5) is 0 Å². The van der Waals surface area contributed by atoms with E-state index >= 15 is 0 Å². The van der Waals surface area contributed by atoms with Crippen LogP contribution in [0.3, 0.4) is 0 Å². The van der Waals surface area contributed by atoms with Crippen molar-refractivity contribution in [1.82, 2.24) is 0 Å². The lowest BCUT2D eigenvalue weighted by Gasteiger charge is -2.53. The summed E-state index contributed by atoms with van der Waals surface area (Å²) in [6, 6.07) is 19.6. The minimum Gasteiger partial charge on any atom is -0.463 e. The van der Waals surface area contributed by atoms with E-state index in [-0.39, 0.29) is 25.0 Å². The Kier molecular flexibility index (Phi) is 7.60. The second-order valence-electron chi connectivity index (χ2n) is 10.3. The third kappa shape index (κ3) is 4.64. The van der Waals surface area contributed by atoms with Crippen molar-refractivity contribution in [3.8, 4) is 0 Å². The summed E-state index contributed by atoms with van der Waals surface area (Å²) in [5.41, 5.74) is 1.96. The van der Waals surface area contributed by atoms with Crippen LogP contribution in [0.2, 0.25) is 0 Å². The van der Waals surface area contributed by atoms with Gasteiger partial charge in [0.25, 0.3) is 0 Å². The van der Waals surface area contributed by atoms with Crippen molar-refractivity contribution in [3.05, 3.63) is 71.8 Å². The van der Waals surface area contributed by atoms with Crippen LogP contribution in [0, 0.1) is 11.8 Å². The van der Waals surface area contributed by atoms with Crippen LogP contribution in [0.1, 0.15) is 50.7 Å². The molecular weight excluding hydrogens is 488 g/mol. The van der Waals surface area contributed by atoms with Gasteiger partial charge >= 0.3 is 11.9 Å². The van der Waals surface area contributed by atoms with Crippen LogP contribution in [-0.2, 0) is 38.0 Å². The summed E-state index contributed by atoms with van der Waals surface area (Å²) in [7, 11) is 0. The highest BCUT2D eigenvalue weighted by atomic mass is 16.8. The molecule has 3 aliphatic rings. The molecule has 2 aromatic rings. The highest BCUT2D eigenvalue weighted by Gasteiger charge is 2.62. The van der Waals surface area contributed by atoms with E-state index in [1.165, 1.54) is 0 Å². The van der Waals surface area contributed by atoms with Crippen molar-refractivity contribution in [2.75, 3.05) is 26.4 Å². The summed E-state index contributed by atoms with van der Waals surface area (Å²) in [4.78, 5) is 27.2. The van der Waals surface area contributed by atoms with Gasteiger partial charge in [-0.1, -0.05) is 60.7 Å². The first kappa shape index (κ1) is 26.8. The first-order valence-corrected chi connectivity index (χ1v) is 13.4. The summed E-state index contributed by atoms with van der Waals surface area (Å²) >= 11 is 0. The van der Waals surface area contributed by atoms with Crippen molar-refractivity contribution in [3.63, 3.8) is 0 Å². The molecule has 0 radical (unpaired) electrons. The van der Waals surface area contributed by atoms with Gasteiger partial charge < -0.3 is 28.4 Å². The fraction of sp³-hybridized carbons (Fsp3) is 0.533. The minimum absolute atomic E-state index is 0.0628. The smallest absolute Gasteiger partial charge is 0.310 e. The van der Waals surface area contributed by atoms with Crippen LogP contribution in [-0.4, -0.2) is 62.1 Å². The number of hydrogen-bond acceptors (Lipinski definition) is 8. The Labute approximate surface area is 223 Å². The van der Waals surface area contributed by atoms with Crippen LogP contribution in [0.5, 0.6) is 0 Å². The topological polar surface area (TPSA) is 89.5 Å². The Morgan fingerprint density at radius 1 is 0.658 bits per heavy atom. The van der Waals surface area contributed by atoms with E-state index in [4.69, 9.17) is 28.4 Å². The van der Waals surface area contributed by atoms with Gasteiger partial charge in [0.05, 0.1) is 11.8 Å². The second-order valence-corrected chi connectivity index (χ2v) is 10.3. The van der Waals surface area contributed by atoms with E-state index in [0.29, 0.717) is 13.2 Å². The Balaban J connectivity index is 1.46. The summed E-state index contributed by atoms with van der Waals surface area (Å²) in [6.45, 7) is 7.78. The molecule has 0 amide bonds. The molecule has 1 saturated carbocycles. The molecule has 2 saturated heterocycles. The van der Waals surface area contributed by atoms with Gasteiger partial charge in [0, 0.05) is 25.0 Å². The number of rotatable bonds is 6. The van der Waals surface area contributed by atoms with Crippen molar-refractivity contribution in [2.24, 2.45) is 11.8 Å². The van der Waals surface area contributed by atoms with Gasteiger partial charge in [-0.2, -0.15) is 0 Å². The predicted octanol–water partition coefficient (Wildman–Crippen LogP) is 4.19. The molecule has 8 heteroatoms. The molecule has 5 rings (SSSR count). The van der Waals surface area contributed by atoms with Gasteiger partial charge in [-0.05, 0) is 38.8 Å². The third-order valence-electron chi connectivity index (χ3n) is 8.07. The number of fused-ring (bicyclic) bond motifs is 2. The Morgan fingerprint density at radius 3 is 1.37 bits per heavy atom. The molecule has 8 nitrogen and oxygen atoms in total. The minimum atomic E-state index is -1.26. The van der Waals surface area contributed by atoms with Crippen LogP contribution >= 0.6 is 0 Å². The largest absolute Gasteiger partial charge is 0.463 e. The van der Waals surface area contributed by atoms with Gasteiger partial charge in [-0.15, -0.1) is 0 Å². The fourth-order valence-electron chi connectivity index (χ4n) is 6.14. The molecule has 0 aromatic heterocycles. The van der Waals surface area contributed by atoms with E-state index in [1.807, 2.05) is 74.5 Å². The molecule has 2 aliphatic heterocycles. The highest BCUT2D eigenvalue weighted by Crippen LogP contribution is 2.59. The summed E-state index contributed by atoms with van der Waals surface area (Å²) in [5, 5.41) is 0. The molecular formula is C30H36O8. The van der Waals surface area contributed by atoms with Crippen LogP contribution < -0.4 is 0 Å². The van der Waals surface area contributed by atoms with Gasteiger partial charge in [0.2, 0.25) is 11.6 Å². The zero-order valence-corrected chi connectivity index (χ0v) is 22.3. The van der Waals surface area contributed by atoms with E-state index in [1.54, 1.807) is 13.8 Å². The molecule has 8 atom stereocenters. The molecule has 0 bridgehead atoms. The summed E-state index contributed by atoms with van der Waals surface area (Å²) in [5.74, 6) is -5.23. The van der Waals surface area contributed by atoms with Crippen molar-refractivity contribution in [1.29, 1.82) is 0 Å². The van der Waals surface area contributed by atoms with Crippen molar-refractivity contribution < 1.29 is 38.0 Å². The van der Waals surface area contributed by atoms with Gasteiger partial charge in [0.1, 0.15) is 25.4 Å². The van der Waals surface area contributed by atoms with Crippen LogP contribution in [0.15, 0.2) is 60.7 Å². The normalized spacial score (nSPS) is 37.2. The summed E-state index contributed by atoms with van der Waals surface area (Å²) < 4.78 is 36.3. The molecule has 3 fully saturated rings. The Bertz CT molecular complexity index is 1030. The lowest BCUT2D eigenvalue weighted by atomic mass is 9.52. The number of cyclic esters (lactones) is 2. The quantitative estimate of drug-likeness (QED) is 0.520. The standard InChI is InChI=1S/C30H36O8/c1-5-35-29(3)30(4,36-6-2)38-22-18-34-28(32)26-24(20-15-11-8-12-16-20)23(19-13-9-7-10-14-19)25(26)27(31)33-17-21(22)37-29/h7-16,21-26H,5-6,17-18H2,1-4H3/t21-,22-,23+,24+,25-,26-,29-,30-/m0/s1. The average molecular weight is 525 g/mol. The predicted molar refractivity (Wildman–Crippen MR) is 137 cm³/mol. The highest BCUT2D eigenvalue weighted by molar-refractivity contribution is 5.87. The maximum atomic E-state index is 13.6. The zero-order chi connectivity index (χ0) is 26.9. The molecule has 2 heterocycles. The Morgan fingerprint density at radius 2 is 1.03 bits per heavy atom. The monoisotopic (exact) mass is 524 g/mol. The average Bonchev–Trinajstić information content (AvgIpc) is 2.89. The Hall–Kier alpha value is -2.78. The van der Waals surface area contributed by atoms with Crippen molar-refractivity contribution in [2.45, 2.75) is 63.3 Å². The third-order valence-corrected chi connectivity index (χ3v) is 8.07. The number of esters is 2. The molecule has 1 aliphatic carbocycles. The fourth-order valence-corrected chi connectivity index (χ4v) is 6.14. The molecule has 38 heavy (non-hydrogen) atoms. The lowest BCUT2D eigenvalue weighted by Crippen LogP contribution is -2.67. The number of benzene rings is 2. The van der Waals surface area contributed by atoms with Gasteiger partial charge in [0.15, 0.2) is 0 Å². The van der Waals surface area contributed by atoms with Gasteiger partial charge in [-0.3, -0.25) is 9.59 Å².